The minimum atomic E-state index is -4.71. The molecule has 4 aromatic rings. The van der Waals surface area contributed by atoms with Gasteiger partial charge in [0, 0.05) is 29.4 Å². The fraction of sp³-hybridized carbons (Fsp3) is 0.290. The average molecular weight is 616 g/mol. The van der Waals surface area contributed by atoms with Gasteiger partial charge in [-0.25, -0.2) is 13.2 Å². The van der Waals surface area contributed by atoms with Crippen LogP contribution in [0.2, 0.25) is 0 Å². The van der Waals surface area contributed by atoms with Crippen LogP contribution in [0.4, 0.5) is 26.3 Å². The Morgan fingerprint density at radius 3 is 2.36 bits per heavy atom. The lowest BCUT2D eigenvalue weighted by molar-refractivity contribution is -0.141. The van der Waals surface area contributed by atoms with E-state index in [4.69, 9.17) is 5.73 Å². The number of nitrogens with two attached hydrogens (primary N) is 1. The van der Waals surface area contributed by atoms with Crippen molar-refractivity contribution in [1.82, 2.24) is 20.1 Å². The first-order valence-corrected chi connectivity index (χ1v) is 13.8. The van der Waals surface area contributed by atoms with Crippen LogP contribution in [0.1, 0.15) is 70.6 Å². The van der Waals surface area contributed by atoms with E-state index in [1.54, 1.807) is 12.1 Å². The summed E-state index contributed by atoms with van der Waals surface area (Å²) in [5.41, 5.74) is 5.15. The Hall–Kier alpha value is -4.68. The number of pyridine rings is 1. The van der Waals surface area contributed by atoms with Crippen LogP contribution in [-0.4, -0.2) is 26.6 Å². The molecule has 2 heterocycles. The largest absolute Gasteiger partial charge is 0.435 e. The summed E-state index contributed by atoms with van der Waals surface area (Å²) < 4.78 is 84.1. The van der Waals surface area contributed by atoms with Crippen molar-refractivity contribution in [2.45, 2.75) is 56.8 Å². The molecule has 0 spiro atoms. The minimum absolute atomic E-state index is 0.159. The Balaban J connectivity index is 1.52. The molecule has 0 bridgehead atoms. The quantitative estimate of drug-likeness (QED) is 0.218. The summed E-state index contributed by atoms with van der Waals surface area (Å²) in [4.78, 5) is 29.6. The summed E-state index contributed by atoms with van der Waals surface area (Å²) in [6.07, 6.45) is -0.444. The number of aromatic nitrogens is 3. The maximum absolute atomic E-state index is 14.2. The second-order valence-electron chi connectivity index (χ2n) is 10.7. The van der Waals surface area contributed by atoms with Crippen molar-refractivity contribution in [2.24, 2.45) is 5.73 Å². The number of amides is 2. The van der Waals surface area contributed by atoms with E-state index in [-0.39, 0.29) is 29.2 Å². The molecule has 2 aromatic heterocycles. The number of nitrogens with zero attached hydrogens (tertiary/aromatic N) is 3. The molecular formula is C31H27F6N5O2. The third-order valence-corrected chi connectivity index (χ3v) is 7.58. The Morgan fingerprint density at radius 2 is 1.70 bits per heavy atom. The zero-order valence-corrected chi connectivity index (χ0v) is 23.2. The number of carbonyl (C=O) groups is 2. The molecule has 230 valence electrons. The predicted octanol–water partition coefficient (Wildman–Crippen LogP) is 6.24. The maximum Gasteiger partial charge on any atom is 0.435 e. The molecule has 7 nitrogen and oxygen atoms in total. The third kappa shape index (κ3) is 6.92. The molecule has 0 radical (unpaired) electrons. The van der Waals surface area contributed by atoms with Crippen LogP contribution in [0.5, 0.6) is 0 Å². The van der Waals surface area contributed by atoms with E-state index in [9.17, 15) is 35.9 Å². The van der Waals surface area contributed by atoms with E-state index in [1.807, 2.05) is 0 Å². The van der Waals surface area contributed by atoms with Crippen molar-refractivity contribution in [3.63, 3.8) is 0 Å². The molecule has 1 atom stereocenters. The molecule has 2 aromatic carbocycles. The smallest absolute Gasteiger partial charge is 0.366 e. The molecule has 0 aliphatic heterocycles. The summed E-state index contributed by atoms with van der Waals surface area (Å²) in [7, 11) is 0. The maximum atomic E-state index is 14.2. The van der Waals surface area contributed by atoms with Crippen molar-refractivity contribution in [3.8, 4) is 11.1 Å². The Bertz CT molecular complexity index is 1680. The molecule has 1 fully saturated rings. The molecular weight excluding hydrogens is 588 g/mol. The van der Waals surface area contributed by atoms with Crippen molar-refractivity contribution < 1.29 is 35.9 Å². The van der Waals surface area contributed by atoms with Crippen molar-refractivity contribution in [3.05, 3.63) is 106 Å². The second-order valence-corrected chi connectivity index (χ2v) is 10.7. The van der Waals surface area contributed by atoms with Gasteiger partial charge < -0.3 is 11.1 Å². The van der Waals surface area contributed by atoms with Gasteiger partial charge in [0.1, 0.15) is 24.0 Å². The Kier molecular flexibility index (Phi) is 8.75. The number of hydrogen-bond acceptors (Lipinski definition) is 4. The summed E-state index contributed by atoms with van der Waals surface area (Å²) >= 11 is 0. The average Bonchev–Trinajstić information content (AvgIpc) is 3.62. The van der Waals surface area contributed by atoms with Crippen LogP contribution in [0.3, 0.4) is 0 Å². The first-order valence-electron chi connectivity index (χ1n) is 13.8. The Morgan fingerprint density at radius 1 is 1.00 bits per heavy atom. The standard InChI is InChI=1S/C31H27F6N5O2/c32-20-10-17(11-21(33)14-20)12-25(29-22(6-3-9-39-29)19-7-8-24(34)23(13-19)30(38)44)40-28(43)16-42-26(18-4-1-2-5-18)15-27(41-42)31(35,36)37/h3,6-11,13-15,18,25H,1-2,4-5,12,16H2,(H2,38,44)(H,40,43). The fourth-order valence-corrected chi connectivity index (χ4v) is 5.62. The van der Waals surface area contributed by atoms with Crippen LogP contribution in [0.25, 0.3) is 11.1 Å². The summed E-state index contributed by atoms with van der Waals surface area (Å²) in [5, 5.41) is 6.43. The van der Waals surface area contributed by atoms with Gasteiger partial charge >= 0.3 is 6.18 Å². The van der Waals surface area contributed by atoms with Gasteiger partial charge in [0.2, 0.25) is 5.91 Å². The number of benzene rings is 2. The molecule has 0 saturated heterocycles. The number of halogens is 6. The SMILES string of the molecule is NC(=O)c1cc(-c2cccnc2C(Cc2cc(F)cc(F)c2)NC(=O)Cn2nc(C(F)(F)F)cc2C2CCCC2)ccc1F. The summed E-state index contributed by atoms with van der Waals surface area (Å²) in [6.45, 7) is -0.555. The van der Waals surface area contributed by atoms with Gasteiger partial charge in [-0.05, 0) is 66.8 Å². The van der Waals surface area contributed by atoms with Gasteiger partial charge in [-0.1, -0.05) is 25.0 Å². The number of nitrogens with one attached hydrogen (secondary N) is 1. The van der Waals surface area contributed by atoms with E-state index < -0.39 is 53.7 Å². The zero-order valence-electron chi connectivity index (χ0n) is 23.2. The highest BCUT2D eigenvalue weighted by molar-refractivity contribution is 5.94. The fourth-order valence-electron chi connectivity index (χ4n) is 5.62. The van der Waals surface area contributed by atoms with Gasteiger partial charge in [0.15, 0.2) is 5.69 Å². The molecule has 1 unspecified atom stereocenters. The topological polar surface area (TPSA) is 103 Å². The molecule has 1 saturated carbocycles. The van der Waals surface area contributed by atoms with Crippen molar-refractivity contribution in [1.29, 1.82) is 0 Å². The number of hydrogen-bond donors (Lipinski definition) is 2. The normalized spacial score (nSPS) is 14.5. The molecule has 1 aliphatic rings. The molecule has 5 rings (SSSR count). The lowest BCUT2D eigenvalue weighted by Crippen LogP contribution is -2.34. The molecule has 13 heteroatoms. The summed E-state index contributed by atoms with van der Waals surface area (Å²) in [6, 6.07) is 9.54. The summed E-state index contributed by atoms with van der Waals surface area (Å²) in [5.74, 6) is -4.47. The van der Waals surface area contributed by atoms with E-state index in [0.717, 1.165) is 41.8 Å². The minimum Gasteiger partial charge on any atom is -0.366 e. The van der Waals surface area contributed by atoms with E-state index >= 15 is 0 Å². The van der Waals surface area contributed by atoms with E-state index in [2.05, 4.69) is 15.4 Å². The van der Waals surface area contributed by atoms with Crippen LogP contribution >= 0.6 is 0 Å². The lowest BCUT2D eigenvalue weighted by atomic mass is 9.94. The van der Waals surface area contributed by atoms with Gasteiger partial charge in [0.05, 0.1) is 17.3 Å². The highest BCUT2D eigenvalue weighted by Gasteiger charge is 2.36. The van der Waals surface area contributed by atoms with Gasteiger partial charge in [0.25, 0.3) is 5.91 Å². The van der Waals surface area contributed by atoms with Gasteiger partial charge in [-0.2, -0.15) is 18.3 Å². The van der Waals surface area contributed by atoms with Gasteiger partial charge in [-0.15, -0.1) is 0 Å². The molecule has 1 aliphatic carbocycles. The molecule has 44 heavy (non-hydrogen) atoms. The van der Waals surface area contributed by atoms with Crippen LogP contribution in [0, 0.1) is 17.5 Å². The zero-order chi connectivity index (χ0) is 31.6. The van der Waals surface area contributed by atoms with Crippen LogP contribution < -0.4 is 11.1 Å². The van der Waals surface area contributed by atoms with Crippen LogP contribution in [0.15, 0.2) is 60.8 Å². The monoisotopic (exact) mass is 615 g/mol. The van der Waals surface area contributed by atoms with Crippen molar-refractivity contribution >= 4 is 11.8 Å². The third-order valence-electron chi connectivity index (χ3n) is 7.58. The number of alkyl halides is 3. The highest BCUT2D eigenvalue weighted by atomic mass is 19.4. The first kappa shape index (κ1) is 30.8. The molecule has 3 N–H and O–H groups in total. The van der Waals surface area contributed by atoms with Crippen molar-refractivity contribution in [2.75, 3.05) is 0 Å². The number of carbonyl (C=O) groups excluding carboxylic acids is 2. The number of rotatable bonds is 9. The second kappa shape index (κ2) is 12.5. The highest BCUT2D eigenvalue weighted by Crippen LogP contribution is 2.37. The number of primary amides is 1. The van der Waals surface area contributed by atoms with E-state index in [1.165, 1.54) is 18.3 Å². The lowest BCUT2D eigenvalue weighted by Gasteiger charge is -2.22. The first-order chi connectivity index (χ1) is 20.9. The van der Waals surface area contributed by atoms with Crippen LogP contribution in [-0.2, 0) is 23.9 Å². The van der Waals surface area contributed by atoms with E-state index in [0.29, 0.717) is 35.7 Å². The predicted molar refractivity (Wildman–Crippen MR) is 148 cm³/mol. The van der Waals surface area contributed by atoms with Gasteiger partial charge in [-0.3, -0.25) is 19.3 Å². The Labute approximate surface area is 248 Å². The molecule has 2 amide bonds.